The third kappa shape index (κ3) is 48.6. The Balaban J connectivity index is 6.08. The van der Waals surface area contributed by atoms with Gasteiger partial charge in [0.1, 0.15) is 31.5 Å². The van der Waals surface area contributed by atoms with Crippen LogP contribution in [0.25, 0.3) is 0 Å². The number of esters is 5. The minimum atomic E-state index is -0.775. The van der Waals surface area contributed by atoms with Crippen LogP contribution in [0.2, 0.25) is 0 Å². The van der Waals surface area contributed by atoms with Gasteiger partial charge >= 0.3 is 29.8 Å². The summed E-state index contributed by atoms with van der Waals surface area (Å²) < 4.78 is 28.8. The minimum absolute atomic E-state index is 0.0970. The maximum atomic E-state index is 13.5. The molecular formula is C61H116N2O10. The van der Waals surface area contributed by atoms with Gasteiger partial charge in [0.15, 0.2) is 0 Å². The lowest BCUT2D eigenvalue weighted by molar-refractivity contribution is -0.163. The van der Waals surface area contributed by atoms with E-state index in [4.69, 9.17) is 29.4 Å². The Morgan fingerprint density at radius 1 is 0.370 bits per heavy atom. The standard InChI is InChI=1S/C61H116N2O10/c1-6-10-14-18-22-26-30-34-38-45-57(64)70-52-54(72-59(66)47-40-36-32-28-24-20-16-12-8-3)50-63(49-43-42-44-56(62)61(68)69-5)51-55(73-60(67)48-41-37-33-29-25-21-17-13-9-4)53-71-58(65)46-39-35-31-27-23-19-15-11-7-2/h54-56H,6-53,62H2,1-5H3. The van der Waals surface area contributed by atoms with Crippen LogP contribution in [-0.4, -0.2) is 93.0 Å². The van der Waals surface area contributed by atoms with Crippen LogP contribution in [0.15, 0.2) is 0 Å². The molecular weight excluding hydrogens is 921 g/mol. The van der Waals surface area contributed by atoms with Crippen molar-refractivity contribution in [2.75, 3.05) is 40.0 Å². The van der Waals surface area contributed by atoms with E-state index in [0.29, 0.717) is 38.6 Å². The minimum Gasteiger partial charge on any atom is -0.468 e. The summed E-state index contributed by atoms with van der Waals surface area (Å²) in [5, 5.41) is 0. The Labute approximate surface area is 448 Å². The van der Waals surface area contributed by atoms with Crippen molar-refractivity contribution in [3.05, 3.63) is 0 Å². The van der Waals surface area contributed by atoms with Crippen LogP contribution in [0, 0.1) is 0 Å². The zero-order valence-electron chi connectivity index (χ0n) is 48.3. The van der Waals surface area contributed by atoms with Gasteiger partial charge in [0, 0.05) is 38.8 Å². The second kappa shape index (κ2) is 54.1. The number of unbranched alkanes of at least 4 members (excludes halogenated alkanes) is 33. The van der Waals surface area contributed by atoms with E-state index < -0.39 is 24.2 Å². The number of nitrogens with two attached hydrogens (primary N) is 1. The molecule has 0 aliphatic rings. The lowest BCUT2D eigenvalue weighted by Crippen LogP contribution is -2.44. The molecule has 2 N–H and O–H groups in total. The molecule has 0 saturated heterocycles. The van der Waals surface area contributed by atoms with E-state index in [2.05, 4.69) is 27.7 Å². The largest absolute Gasteiger partial charge is 0.468 e. The molecule has 0 aromatic heterocycles. The number of hydrogen-bond donors (Lipinski definition) is 1. The van der Waals surface area contributed by atoms with E-state index >= 15 is 0 Å². The summed E-state index contributed by atoms with van der Waals surface area (Å²) in [5.41, 5.74) is 6.10. The predicted molar refractivity (Wildman–Crippen MR) is 299 cm³/mol. The lowest BCUT2D eigenvalue weighted by Gasteiger charge is -2.30. The van der Waals surface area contributed by atoms with Crippen LogP contribution in [0.5, 0.6) is 0 Å². The van der Waals surface area contributed by atoms with Gasteiger partial charge in [0.05, 0.1) is 7.11 Å². The van der Waals surface area contributed by atoms with Gasteiger partial charge in [-0.1, -0.05) is 240 Å². The van der Waals surface area contributed by atoms with Gasteiger partial charge in [0.25, 0.3) is 0 Å². The van der Waals surface area contributed by atoms with Gasteiger partial charge < -0.3 is 29.4 Å². The molecule has 3 unspecified atom stereocenters. The number of hydrogen-bond acceptors (Lipinski definition) is 12. The highest BCUT2D eigenvalue weighted by Gasteiger charge is 2.26. The average Bonchev–Trinajstić information content (AvgIpc) is 3.38. The Morgan fingerprint density at radius 2 is 0.644 bits per heavy atom. The highest BCUT2D eigenvalue weighted by Crippen LogP contribution is 2.17. The first-order valence-electron chi connectivity index (χ1n) is 30.9. The van der Waals surface area contributed by atoms with Gasteiger partial charge in [-0.25, -0.2) is 0 Å². The molecule has 0 saturated carbocycles. The molecule has 3 atom stereocenters. The van der Waals surface area contributed by atoms with Crippen molar-refractivity contribution >= 4 is 29.8 Å². The van der Waals surface area contributed by atoms with Crippen molar-refractivity contribution in [2.45, 2.75) is 322 Å². The molecule has 0 aromatic rings. The number of methoxy groups -OCH3 is 1. The summed E-state index contributed by atoms with van der Waals surface area (Å²) in [4.78, 5) is 67.4. The van der Waals surface area contributed by atoms with Crippen molar-refractivity contribution in [3.63, 3.8) is 0 Å². The molecule has 12 heteroatoms. The van der Waals surface area contributed by atoms with Crippen LogP contribution in [0.4, 0.5) is 0 Å². The number of carbonyl (C=O) groups is 5. The summed E-state index contributed by atoms with van der Waals surface area (Å²) in [7, 11) is 1.32. The summed E-state index contributed by atoms with van der Waals surface area (Å²) in [6.45, 7) is 9.60. The monoisotopic (exact) mass is 1040 g/mol. The average molecular weight is 1040 g/mol. The molecule has 0 bridgehead atoms. The van der Waals surface area contributed by atoms with E-state index in [1.54, 1.807) is 0 Å². The summed E-state index contributed by atoms with van der Waals surface area (Å²) >= 11 is 0. The molecule has 0 rings (SSSR count). The smallest absolute Gasteiger partial charge is 0.322 e. The zero-order chi connectivity index (χ0) is 53.7. The Hall–Kier alpha value is -2.73. The Bertz CT molecular complexity index is 1200. The lowest BCUT2D eigenvalue weighted by atomic mass is 10.1. The number of carbonyl (C=O) groups excluding carboxylic acids is 5. The molecule has 73 heavy (non-hydrogen) atoms. The molecule has 0 aliphatic carbocycles. The van der Waals surface area contributed by atoms with Crippen molar-refractivity contribution < 1.29 is 47.7 Å². The van der Waals surface area contributed by atoms with E-state index in [1.807, 2.05) is 4.90 Å². The first kappa shape index (κ1) is 70.3. The molecule has 0 aromatic carbocycles. The summed E-state index contributed by atoms with van der Waals surface area (Å²) in [5.74, 6) is -1.76. The fourth-order valence-electron chi connectivity index (χ4n) is 9.38. The van der Waals surface area contributed by atoms with Crippen molar-refractivity contribution in [1.29, 1.82) is 0 Å². The predicted octanol–water partition coefficient (Wildman–Crippen LogP) is 15.6. The third-order valence-corrected chi connectivity index (χ3v) is 14.1. The quantitative estimate of drug-likeness (QED) is 0.0349. The van der Waals surface area contributed by atoms with E-state index in [-0.39, 0.29) is 63.0 Å². The normalized spacial score (nSPS) is 12.6. The third-order valence-electron chi connectivity index (χ3n) is 14.1. The SMILES string of the molecule is CCCCCCCCCCCC(=O)OCC(CN(CCCCC(N)C(=O)OC)CC(COC(=O)CCCCCCCCCCC)OC(=O)CCCCCCCCCCC)OC(=O)CCCCCCCCCCC. The Kier molecular flexibility index (Phi) is 52.1. The van der Waals surface area contributed by atoms with Crippen LogP contribution < -0.4 is 5.73 Å². The second-order valence-electron chi connectivity index (χ2n) is 21.3. The highest BCUT2D eigenvalue weighted by molar-refractivity contribution is 5.75. The number of nitrogens with zero attached hydrogens (tertiary/aromatic N) is 1. The van der Waals surface area contributed by atoms with Gasteiger partial charge in [-0.05, 0) is 45.1 Å². The molecule has 0 heterocycles. The van der Waals surface area contributed by atoms with Crippen molar-refractivity contribution in [1.82, 2.24) is 4.90 Å². The van der Waals surface area contributed by atoms with Gasteiger partial charge in [-0.3, -0.25) is 28.9 Å². The van der Waals surface area contributed by atoms with Crippen LogP contribution >= 0.6 is 0 Å². The maximum absolute atomic E-state index is 13.5. The van der Waals surface area contributed by atoms with Crippen LogP contribution in [-0.2, 0) is 47.7 Å². The van der Waals surface area contributed by atoms with Crippen LogP contribution in [0.1, 0.15) is 304 Å². The second-order valence-corrected chi connectivity index (χ2v) is 21.3. The van der Waals surface area contributed by atoms with E-state index in [1.165, 1.54) is 148 Å². The molecule has 0 fully saturated rings. The van der Waals surface area contributed by atoms with Crippen LogP contribution in [0.3, 0.4) is 0 Å². The first-order valence-corrected chi connectivity index (χ1v) is 30.9. The highest BCUT2D eigenvalue weighted by atomic mass is 16.6. The summed E-state index contributed by atoms with van der Waals surface area (Å²) in [6, 6.07) is -0.751. The van der Waals surface area contributed by atoms with E-state index in [9.17, 15) is 24.0 Å². The molecule has 0 radical (unpaired) electrons. The van der Waals surface area contributed by atoms with Gasteiger partial charge in [-0.2, -0.15) is 0 Å². The molecule has 0 aliphatic heterocycles. The number of ether oxygens (including phenoxy) is 5. The molecule has 430 valence electrons. The van der Waals surface area contributed by atoms with Crippen molar-refractivity contribution in [3.8, 4) is 0 Å². The molecule has 0 spiro atoms. The van der Waals surface area contributed by atoms with Crippen molar-refractivity contribution in [2.24, 2.45) is 5.73 Å². The maximum Gasteiger partial charge on any atom is 0.322 e. The fourth-order valence-corrected chi connectivity index (χ4v) is 9.38. The fraction of sp³-hybridized carbons (Fsp3) is 0.918. The number of rotatable bonds is 56. The molecule has 12 nitrogen and oxygen atoms in total. The Morgan fingerprint density at radius 3 is 0.932 bits per heavy atom. The zero-order valence-corrected chi connectivity index (χ0v) is 48.3. The van der Waals surface area contributed by atoms with E-state index in [0.717, 1.165) is 89.9 Å². The molecule has 0 amide bonds. The summed E-state index contributed by atoms with van der Waals surface area (Å²) in [6.07, 6.45) is 42.2. The topological polar surface area (TPSA) is 161 Å². The van der Waals surface area contributed by atoms with Gasteiger partial charge in [-0.15, -0.1) is 0 Å². The van der Waals surface area contributed by atoms with Gasteiger partial charge in [0.2, 0.25) is 0 Å². The first-order chi connectivity index (χ1) is 35.6.